The second-order valence-electron chi connectivity index (χ2n) is 4.14. The summed E-state index contributed by atoms with van der Waals surface area (Å²) in [4.78, 5) is 21.4. The predicted octanol–water partition coefficient (Wildman–Crippen LogP) is 2.10. The lowest BCUT2D eigenvalue weighted by Gasteiger charge is -2.22. The zero-order valence-electron chi connectivity index (χ0n) is 10.6. The highest BCUT2D eigenvalue weighted by Gasteiger charge is 2.42. The molecule has 0 bridgehead atoms. The average Bonchev–Trinajstić information content (AvgIpc) is 2.94. The Balaban J connectivity index is 2.14. The van der Waals surface area contributed by atoms with Gasteiger partial charge in [-0.05, 0) is 12.1 Å². The molecular formula is C11H10F3N3O4. The molecule has 10 heteroatoms. The van der Waals surface area contributed by atoms with Gasteiger partial charge in [0.1, 0.15) is 5.76 Å². The van der Waals surface area contributed by atoms with Crippen LogP contribution in [-0.2, 0) is 6.54 Å². The Morgan fingerprint density at radius 3 is 2.67 bits per heavy atom. The summed E-state index contributed by atoms with van der Waals surface area (Å²) in [6.45, 7) is 0.706. The van der Waals surface area contributed by atoms with E-state index in [1.807, 2.05) is 0 Å². The molecule has 1 aromatic rings. The van der Waals surface area contributed by atoms with Gasteiger partial charge in [-0.25, -0.2) is 13.6 Å². The molecule has 0 saturated heterocycles. The number of nitrogens with zero attached hydrogens (tertiary/aromatic N) is 2. The van der Waals surface area contributed by atoms with Gasteiger partial charge in [0.15, 0.2) is 23.2 Å². The number of rotatable bonds is 4. The third-order valence-corrected chi connectivity index (χ3v) is 2.66. The highest BCUT2D eigenvalue weighted by Crippen LogP contribution is 2.31. The van der Waals surface area contributed by atoms with Gasteiger partial charge in [0.2, 0.25) is 6.30 Å². The Morgan fingerprint density at radius 2 is 2.14 bits per heavy atom. The van der Waals surface area contributed by atoms with E-state index in [2.05, 4.69) is 0 Å². The third kappa shape index (κ3) is 2.84. The summed E-state index contributed by atoms with van der Waals surface area (Å²) in [5.74, 6) is -3.15. The van der Waals surface area contributed by atoms with Crippen LogP contribution in [0.15, 0.2) is 28.2 Å². The monoisotopic (exact) mass is 305 g/mol. The normalized spacial score (nSPS) is 19.2. The van der Waals surface area contributed by atoms with Gasteiger partial charge >= 0.3 is 6.09 Å². The maximum Gasteiger partial charge on any atom is 0.410 e. The summed E-state index contributed by atoms with van der Waals surface area (Å²) in [7, 11) is 0. The minimum absolute atomic E-state index is 0.00914. The molecule has 0 aliphatic carbocycles. The Labute approximate surface area is 116 Å². The highest BCUT2D eigenvalue weighted by molar-refractivity contribution is 5.91. The Morgan fingerprint density at radius 1 is 1.48 bits per heavy atom. The lowest BCUT2D eigenvalue weighted by molar-refractivity contribution is -0.173. The van der Waals surface area contributed by atoms with Crippen molar-refractivity contribution < 1.29 is 32.4 Å². The van der Waals surface area contributed by atoms with Gasteiger partial charge in [0.25, 0.3) is 0 Å². The van der Waals surface area contributed by atoms with Crippen LogP contribution in [0, 0.1) is 0 Å². The van der Waals surface area contributed by atoms with E-state index in [9.17, 15) is 22.9 Å². The number of carboxylic acid groups (broad SMARTS) is 1. The molecule has 0 radical (unpaired) electrons. The number of alkyl halides is 1. The van der Waals surface area contributed by atoms with Crippen LogP contribution in [0.2, 0.25) is 0 Å². The summed E-state index contributed by atoms with van der Waals surface area (Å²) in [6, 6.07) is 2.61. The number of ketones is 1. The van der Waals surface area contributed by atoms with Gasteiger partial charge in [0.05, 0.1) is 6.54 Å². The maximum atomic E-state index is 13.8. The molecular weight excluding hydrogens is 295 g/mol. The predicted molar refractivity (Wildman–Crippen MR) is 61.4 cm³/mol. The van der Waals surface area contributed by atoms with E-state index in [4.69, 9.17) is 9.52 Å². The topological polar surface area (TPSA) is 86.0 Å². The number of amides is 1. The molecule has 21 heavy (non-hydrogen) atoms. The largest absolute Gasteiger partial charge is 0.465 e. The van der Waals surface area contributed by atoms with E-state index in [1.165, 1.54) is 24.4 Å². The fourth-order valence-electron chi connectivity index (χ4n) is 1.71. The minimum Gasteiger partial charge on any atom is -0.465 e. The van der Waals surface area contributed by atoms with Gasteiger partial charge in [0, 0.05) is 6.92 Å². The molecule has 1 aliphatic heterocycles. The minimum atomic E-state index is -2.51. The van der Waals surface area contributed by atoms with E-state index in [0.717, 1.165) is 0 Å². The second kappa shape index (κ2) is 5.48. The molecule has 0 spiro atoms. The van der Waals surface area contributed by atoms with Crippen LogP contribution in [0.25, 0.3) is 0 Å². The lowest BCUT2D eigenvalue weighted by Crippen LogP contribution is -2.38. The van der Waals surface area contributed by atoms with Gasteiger partial charge < -0.3 is 9.52 Å². The smallest absolute Gasteiger partial charge is 0.410 e. The van der Waals surface area contributed by atoms with Crippen molar-refractivity contribution in [3.8, 4) is 0 Å². The first-order valence-electron chi connectivity index (χ1n) is 5.67. The van der Waals surface area contributed by atoms with Crippen LogP contribution in [0.1, 0.15) is 23.2 Å². The molecule has 2 rings (SSSR count). The molecule has 7 nitrogen and oxygen atoms in total. The lowest BCUT2D eigenvalue weighted by atomic mass is 10.3. The number of carbonyl (C=O) groups is 2. The van der Waals surface area contributed by atoms with E-state index in [0.29, 0.717) is 0 Å². The summed E-state index contributed by atoms with van der Waals surface area (Å²) >= 11 is 0. The van der Waals surface area contributed by atoms with E-state index < -0.39 is 35.8 Å². The van der Waals surface area contributed by atoms with E-state index in [1.54, 1.807) is 0 Å². The number of halogens is 3. The number of furan rings is 1. The maximum absolute atomic E-state index is 13.8. The van der Waals surface area contributed by atoms with E-state index >= 15 is 0 Å². The van der Waals surface area contributed by atoms with Gasteiger partial charge in [-0.15, -0.1) is 10.2 Å². The second-order valence-corrected chi connectivity index (χ2v) is 4.14. The number of hydrogen-bond acceptors (Lipinski definition) is 5. The molecule has 0 fully saturated rings. The molecule has 1 aliphatic rings. The number of Topliss-reactive ketones (excluding diaryl/α,β-unsaturated/α-hetero) is 1. The Bertz CT molecular complexity index is 616. The molecule has 0 aromatic carbocycles. The Kier molecular flexibility index (Phi) is 3.89. The summed E-state index contributed by atoms with van der Waals surface area (Å²) < 4.78 is 45.9. The third-order valence-electron chi connectivity index (χ3n) is 2.66. The first-order chi connectivity index (χ1) is 9.81. The van der Waals surface area contributed by atoms with Crippen LogP contribution < -0.4 is 5.32 Å². The molecule has 0 saturated carbocycles. The van der Waals surface area contributed by atoms with Crippen LogP contribution >= 0.6 is 0 Å². The van der Waals surface area contributed by atoms with Crippen LogP contribution in [0.5, 0.6) is 0 Å². The summed E-state index contributed by atoms with van der Waals surface area (Å²) in [6.07, 6.45) is -4.25. The summed E-state index contributed by atoms with van der Waals surface area (Å²) in [5, 5.41) is 9.61. The van der Waals surface area contributed by atoms with Crippen molar-refractivity contribution in [2.45, 2.75) is 19.8 Å². The van der Waals surface area contributed by atoms with Crippen LogP contribution in [0.4, 0.5) is 18.1 Å². The standard InChI is InChI=1S/C11H10F3N3O4/c1-5(18)7-3-2-6(21-7)4-16-9(13)8(12)10(17(16)14)15-11(19)20/h2-3,9,15H,4H2,1H3,(H,19,20). The van der Waals surface area contributed by atoms with Crippen LogP contribution in [0.3, 0.4) is 0 Å². The summed E-state index contributed by atoms with van der Waals surface area (Å²) in [5.41, 5.74) is 0. The zero-order chi connectivity index (χ0) is 15.7. The SMILES string of the molecule is CC(=O)c1ccc(CN2C(F)C(F)=C(NC(=O)O)N2F)o1. The van der Waals surface area contributed by atoms with Crippen molar-refractivity contribution in [2.24, 2.45) is 0 Å². The van der Waals surface area contributed by atoms with Crippen molar-refractivity contribution in [1.82, 2.24) is 15.6 Å². The molecule has 1 atom stereocenters. The quantitative estimate of drug-likeness (QED) is 0.503. The molecule has 2 heterocycles. The van der Waals surface area contributed by atoms with Gasteiger partial charge in [-0.1, -0.05) is 4.48 Å². The fourth-order valence-corrected chi connectivity index (χ4v) is 1.71. The Hall–Kier alpha value is -2.49. The van der Waals surface area contributed by atoms with Crippen molar-refractivity contribution in [2.75, 3.05) is 0 Å². The van der Waals surface area contributed by atoms with Crippen molar-refractivity contribution in [3.05, 3.63) is 35.3 Å². The number of nitrogens with one attached hydrogen (secondary N) is 1. The molecule has 114 valence electrons. The number of carbonyl (C=O) groups excluding carboxylic acids is 1. The number of hydrazine groups is 1. The zero-order valence-corrected chi connectivity index (χ0v) is 10.6. The highest BCUT2D eigenvalue weighted by atomic mass is 19.2. The number of hydrogen-bond donors (Lipinski definition) is 2. The van der Waals surface area contributed by atoms with Gasteiger partial charge in [-0.2, -0.15) is 0 Å². The fraction of sp³-hybridized carbons (Fsp3) is 0.273. The van der Waals surface area contributed by atoms with E-state index in [-0.39, 0.29) is 22.3 Å². The average molecular weight is 305 g/mol. The molecule has 1 amide bonds. The molecule has 1 aromatic heterocycles. The van der Waals surface area contributed by atoms with Gasteiger partial charge in [-0.3, -0.25) is 10.1 Å². The first kappa shape index (κ1) is 14.9. The van der Waals surface area contributed by atoms with Crippen molar-refractivity contribution in [3.63, 3.8) is 0 Å². The van der Waals surface area contributed by atoms with Crippen LogP contribution in [-0.4, -0.2) is 33.5 Å². The van der Waals surface area contributed by atoms with Crippen molar-refractivity contribution >= 4 is 11.9 Å². The molecule has 1 unspecified atom stereocenters. The van der Waals surface area contributed by atoms with Crippen molar-refractivity contribution in [1.29, 1.82) is 0 Å². The molecule has 2 N–H and O–H groups in total. The first-order valence-corrected chi connectivity index (χ1v) is 5.67.